The highest BCUT2D eigenvalue weighted by Crippen LogP contribution is 2.09. The Morgan fingerprint density at radius 2 is 1.74 bits per heavy atom. The molecule has 2 atom stereocenters. The first-order valence-corrected chi connectivity index (χ1v) is 7.17. The molecule has 0 rings (SSSR count). The molecule has 2 heteroatoms. The number of hydrogen-bond acceptors (Lipinski definition) is 2. The van der Waals surface area contributed by atoms with E-state index < -0.39 is 6.10 Å². The number of hydrogen-bond donors (Lipinski definition) is 2. The number of aliphatic hydroxyl groups excluding tert-OH is 2. The summed E-state index contributed by atoms with van der Waals surface area (Å²) in [5, 5.41) is 18.8. The largest absolute Gasteiger partial charge is 0.392 e. The topological polar surface area (TPSA) is 40.5 Å². The van der Waals surface area contributed by atoms with Crippen molar-refractivity contribution in [2.24, 2.45) is 0 Å². The van der Waals surface area contributed by atoms with Crippen LogP contribution in [-0.2, 0) is 0 Å². The molecule has 0 amide bonds. The Bertz CT molecular complexity index is 338. The summed E-state index contributed by atoms with van der Waals surface area (Å²) in [5.41, 5.74) is 0. The quantitative estimate of drug-likeness (QED) is 0.381. The lowest BCUT2D eigenvalue weighted by molar-refractivity contribution is 0.166. The van der Waals surface area contributed by atoms with Gasteiger partial charge in [-0.25, -0.2) is 0 Å². The lowest BCUT2D eigenvalue weighted by atomic mass is 10.1. The molecule has 0 aliphatic rings. The lowest BCUT2D eigenvalue weighted by Crippen LogP contribution is -2.04. The Hall–Kier alpha value is -1.22. The Morgan fingerprint density at radius 1 is 1.05 bits per heavy atom. The molecule has 0 heterocycles. The Balaban J connectivity index is 3.58. The first-order chi connectivity index (χ1) is 9.20. The SMILES string of the molecule is C=C[C@H](O)C#CC#CC[C@H](O)CCCCCCCC. The van der Waals surface area contributed by atoms with Gasteiger partial charge in [0.05, 0.1) is 6.10 Å². The number of rotatable bonds is 9. The van der Waals surface area contributed by atoms with Crippen molar-refractivity contribution in [3.8, 4) is 23.7 Å². The maximum absolute atomic E-state index is 9.69. The molecule has 0 spiro atoms. The average molecular weight is 262 g/mol. The van der Waals surface area contributed by atoms with Gasteiger partial charge in [0, 0.05) is 6.42 Å². The third kappa shape index (κ3) is 13.0. The van der Waals surface area contributed by atoms with Crippen molar-refractivity contribution in [2.75, 3.05) is 0 Å². The van der Waals surface area contributed by atoms with Crippen molar-refractivity contribution in [2.45, 2.75) is 70.5 Å². The zero-order chi connectivity index (χ0) is 14.3. The lowest BCUT2D eigenvalue weighted by Gasteiger charge is -2.05. The van der Waals surface area contributed by atoms with Gasteiger partial charge in [-0.05, 0) is 18.3 Å². The molecule has 0 fully saturated rings. The molecular formula is C17H26O2. The number of unbranched alkanes of at least 4 members (excludes halogenated alkanes) is 5. The van der Waals surface area contributed by atoms with E-state index in [4.69, 9.17) is 5.11 Å². The summed E-state index contributed by atoms with van der Waals surface area (Å²) in [6.07, 6.45) is 8.82. The van der Waals surface area contributed by atoms with Crippen molar-refractivity contribution >= 4 is 0 Å². The second-order valence-electron chi connectivity index (χ2n) is 4.67. The average Bonchev–Trinajstić information content (AvgIpc) is 2.42. The van der Waals surface area contributed by atoms with E-state index in [1.165, 1.54) is 38.2 Å². The zero-order valence-corrected chi connectivity index (χ0v) is 12.0. The second-order valence-corrected chi connectivity index (χ2v) is 4.67. The van der Waals surface area contributed by atoms with Gasteiger partial charge in [0.15, 0.2) is 0 Å². The van der Waals surface area contributed by atoms with Gasteiger partial charge >= 0.3 is 0 Å². The highest BCUT2D eigenvalue weighted by molar-refractivity contribution is 5.28. The molecule has 0 unspecified atom stereocenters. The molecule has 19 heavy (non-hydrogen) atoms. The van der Waals surface area contributed by atoms with Crippen LogP contribution < -0.4 is 0 Å². The molecule has 0 radical (unpaired) electrons. The van der Waals surface area contributed by atoms with Crippen LogP contribution in [0, 0.1) is 23.7 Å². The van der Waals surface area contributed by atoms with Crippen molar-refractivity contribution in [3.05, 3.63) is 12.7 Å². The van der Waals surface area contributed by atoms with E-state index in [1.54, 1.807) is 0 Å². The van der Waals surface area contributed by atoms with Crippen LogP contribution in [0.2, 0.25) is 0 Å². The normalized spacial score (nSPS) is 12.6. The third-order valence-electron chi connectivity index (χ3n) is 2.82. The van der Waals surface area contributed by atoms with E-state index in [9.17, 15) is 5.11 Å². The molecule has 2 nitrogen and oxygen atoms in total. The van der Waals surface area contributed by atoms with Gasteiger partial charge in [-0.15, -0.1) is 0 Å². The highest BCUT2D eigenvalue weighted by Gasteiger charge is 2.00. The highest BCUT2D eigenvalue weighted by atomic mass is 16.3. The van der Waals surface area contributed by atoms with Gasteiger partial charge in [0.25, 0.3) is 0 Å². The third-order valence-corrected chi connectivity index (χ3v) is 2.82. The van der Waals surface area contributed by atoms with E-state index in [-0.39, 0.29) is 6.10 Å². The van der Waals surface area contributed by atoms with Gasteiger partial charge in [-0.2, -0.15) is 0 Å². The maximum Gasteiger partial charge on any atom is 0.134 e. The smallest absolute Gasteiger partial charge is 0.134 e. The summed E-state index contributed by atoms with van der Waals surface area (Å²) >= 11 is 0. The summed E-state index contributed by atoms with van der Waals surface area (Å²) in [7, 11) is 0. The van der Waals surface area contributed by atoms with Gasteiger partial charge in [-0.3, -0.25) is 0 Å². The van der Waals surface area contributed by atoms with Crippen LogP contribution in [0.1, 0.15) is 58.3 Å². The predicted molar refractivity (Wildman–Crippen MR) is 80.4 cm³/mol. The first-order valence-electron chi connectivity index (χ1n) is 7.17. The van der Waals surface area contributed by atoms with Gasteiger partial charge in [0.1, 0.15) is 6.10 Å². The summed E-state index contributed by atoms with van der Waals surface area (Å²) in [4.78, 5) is 0. The molecule has 0 saturated heterocycles. The maximum atomic E-state index is 9.69. The standard InChI is InChI=1S/C17H26O2/c1-3-5-6-7-8-10-14-17(19)15-12-9-11-13-16(18)4-2/h4,16-19H,2-3,5-8,10,14-15H2,1H3/t16-,17+/m0/s1. The van der Waals surface area contributed by atoms with Gasteiger partial charge in [-0.1, -0.05) is 69.9 Å². The van der Waals surface area contributed by atoms with Crippen LogP contribution in [0.4, 0.5) is 0 Å². The Kier molecular flexibility index (Phi) is 12.4. The van der Waals surface area contributed by atoms with Gasteiger partial charge < -0.3 is 10.2 Å². The molecule has 2 N–H and O–H groups in total. The fraction of sp³-hybridized carbons (Fsp3) is 0.647. The molecule has 106 valence electrons. The second kappa shape index (κ2) is 13.2. The van der Waals surface area contributed by atoms with Gasteiger partial charge in [0.2, 0.25) is 0 Å². The fourth-order valence-electron chi connectivity index (χ4n) is 1.64. The van der Waals surface area contributed by atoms with Crippen LogP contribution in [0.3, 0.4) is 0 Å². The predicted octanol–water partition coefficient (Wildman–Crippen LogP) is 3.04. The molecule has 0 aromatic carbocycles. The van der Waals surface area contributed by atoms with Crippen molar-refractivity contribution in [1.82, 2.24) is 0 Å². The summed E-state index contributed by atoms with van der Waals surface area (Å²) < 4.78 is 0. The minimum absolute atomic E-state index is 0.357. The summed E-state index contributed by atoms with van der Waals surface area (Å²) in [6, 6.07) is 0. The Morgan fingerprint density at radius 3 is 2.42 bits per heavy atom. The van der Waals surface area contributed by atoms with Crippen LogP contribution in [0.25, 0.3) is 0 Å². The van der Waals surface area contributed by atoms with Crippen molar-refractivity contribution in [3.63, 3.8) is 0 Å². The van der Waals surface area contributed by atoms with Crippen LogP contribution in [-0.4, -0.2) is 22.4 Å². The molecule has 0 aliphatic carbocycles. The van der Waals surface area contributed by atoms with E-state index in [2.05, 4.69) is 37.2 Å². The number of aliphatic hydroxyl groups is 2. The van der Waals surface area contributed by atoms with Crippen LogP contribution in [0.5, 0.6) is 0 Å². The minimum Gasteiger partial charge on any atom is -0.392 e. The monoisotopic (exact) mass is 262 g/mol. The molecular weight excluding hydrogens is 236 g/mol. The van der Waals surface area contributed by atoms with E-state index in [1.807, 2.05) is 0 Å². The van der Waals surface area contributed by atoms with Crippen molar-refractivity contribution in [1.29, 1.82) is 0 Å². The van der Waals surface area contributed by atoms with Crippen molar-refractivity contribution < 1.29 is 10.2 Å². The molecule has 0 aromatic heterocycles. The molecule has 0 aliphatic heterocycles. The molecule has 0 saturated carbocycles. The summed E-state index contributed by atoms with van der Waals surface area (Å²) in [5.74, 6) is 10.5. The van der Waals surface area contributed by atoms with E-state index in [0.717, 1.165) is 12.8 Å². The first kappa shape index (κ1) is 17.8. The molecule has 0 aromatic rings. The van der Waals surface area contributed by atoms with Crippen LogP contribution in [0.15, 0.2) is 12.7 Å². The Labute approximate surface area is 117 Å². The van der Waals surface area contributed by atoms with Crippen LogP contribution >= 0.6 is 0 Å². The minimum atomic E-state index is -0.817. The summed E-state index contributed by atoms with van der Waals surface area (Å²) in [6.45, 7) is 5.62. The molecule has 0 bridgehead atoms. The zero-order valence-electron chi connectivity index (χ0n) is 12.0. The van der Waals surface area contributed by atoms with E-state index in [0.29, 0.717) is 6.42 Å². The van der Waals surface area contributed by atoms with E-state index >= 15 is 0 Å². The fourth-order valence-corrected chi connectivity index (χ4v) is 1.64.